The van der Waals surface area contributed by atoms with Crippen LogP contribution in [0.25, 0.3) is 0 Å². The van der Waals surface area contributed by atoms with Crippen LogP contribution in [-0.4, -0.2) is 42.5 Å². The molecule has 1 rings (SSSR count). The Hall–Kier alpha value is -1.14. The number of alkyl carbamates (subject to hydrolysis) is 1. The average molecular weight is 259 g/mol. The monoisotopic (exact) mass is 259 g/mol. The van der Waals surface area contributed by atoms with Gasteiger partial charge in [0.25, 0.3) is 0 Å². The first-order valence-electron chi connectivity index (χ1n) is 5.89. The maximum atomic E-state index is 11.6. The second-order valence-electron chi connectivity index (χ2n) is 5.68. The zero-order valence-electron chi connectivity index (χ0n) is 11.5. The van der Waals surface area contributed by atoms with Crippen LogP contribution in [0, 0.1) is 0 Å². The first-order valence-corrected chi connectivity index (χ1v) is 5.89. The van der Waals surface area contributed by atoms with Crippen molar-refractivity contribution in [1.29, 1.82) is 0 Å². The van der Waals surface area contributed by atoms with Crippen molar-refractivity contribution >= 4 is 12.4 Å². The fourth-order valence-electron chi connectivity index (χ4n) is 1.55. The molecule has 0 aliphatic carbocycles. The number of hydrogen-bond acceptors (Lipinski definition) is 5. The first-order chi connectivity index (χ1) is 8.13. The lowest BCUT2D eigenvalue weighted by atomic mass is 10.2. The highest BCUT2D eigenvalue weighted by Crippen LogP contribution is 2.23. The summed E-state index contributed by atoms with van der Waals surface area (Å²) in [5.41, 5.74) is -0.607. The van der Waals surface area contributed by atoms with Crippen LogP contribution < -0.4 is 5.32 Å². The van der Waals surface area contributed by atoms with Crippen molar-refractivity contribution in [3.05, 3.63) is 0 Å². The first kappa shape index (κ1) is 14.9. The van der Waals surface area contributed by atoms with Crippen LogP contribution in [0.4, 0.5) is 4.79 Å². The topological polar surface area (TPSA) is 73.9 Å². The molecule has 0 saturated carbocycles. The van der Waals surface area contributed by atoms with E-state index in [1.165, 1.54) is 0 Å². The molecular weight excluding hydrogens is 238 g/mol. The Morgan fingerprint density at radius 1 is 1.50 bits per heavy atom. The summed E-state index contributed by atoms with van der Waals surface area (Å²) >= 11 is 0. The largest absolute Gasteiger partial charge is 0.444 e. The second kappa shape index (κ2) is 5.24. The summed E-state index contributed by atoms with van der Waals surface area (Å²) < 4.78 is 15.9. The van der Waals surface area contributed by atoms with Gasteiger partial charge < -0.3 is 24.3 Å². The van der Waals surface area contributed by atoms with Crippen LogP contribution in [0.15, 0.2) is 0 Å². The van der Waals surface area contributed by atoms with Gasteiger partial charge in [-0.25, -0.2) is 4.79 Å². The van der Waals surface area contributed by atoms with Crippen LogP contribution in [0.5, 0.6) is 0 Å². The van der Waals surface area contributed by atoms with Gasteiger partial charge >= 0.3 is 6.09 Å². The highest BCUT2D eigenvalue weighted by Gasteiger charge is 2.38. The number of hydrogen-bond donors (Lipinski definition) is 1. The van der Waals surface area contributed by atoms with Crippen molar-refractivity contribution in [2.75, 3.05) is 6.61 Å². The van der Waals surface area contributed by atoms with Gasteiger partial charge in [0.05, 0.1) is 6.61 Å². The van der Waals surface area contributed by atoms with Gasteiger partial charge in [0.15, 0.2) is 5.79 Å². The predicted molar refractivity (Wildman–Crippen MR) is 64.1 cm³/mol. The van der Waals surface area contributed by atoms with Crippen molar-refractivity contribution < 1.29 is 23.8 Å². The molecule has 0 aromatic rings. The third kappa shape index (κ3) is 4.62. The van der Waals surface area contributed by atoms with Crippen molar-refractivity contribution in [2.24, 2.45) is 0 Å². The summed E-state index contributed by atoms with van der Waals surface area (Å²) in [5, 5.41) is 2.47. The third-order valence-corrected chi connectivity index (χ3v) is 2.26. The van der Waals surface area contributed by atoms with Gasteiger partial charge in [-0.05, 0) is 34.6 Å². The summed E-state index contributed by atoms with van der Waals surface area (Å²) in [6.45, 7) is 9.01. The molecule has 18 heavy (non-hydrogen) atoms. The Morgan fingerprint density at radius 3 is 2.50 bits per heavy atom. The molecule has 1 amide bonds. The molecule has 1 saturated heterocycles. The molecule has 0 radical (unpaired) electrons. The van der Waals surface area contributed by atoms with E-state index in [4.69, 9.17) is 14.2 Å². The Balaban J connectivity index is 2.53. The third-order valence-electron chi connectivity index (χ3n) is 2.26. The lowest BCUT2D eigenvalue weighted by molar-refractivity contribution is -0.143. The van der Waals surface area contributed by atoms with Gasteiger partial charge in [-0.2, -0.15) is 0 Å². The SMILES string of the molecule is CC(C)(C)OC(=O)NC(C=O)C1COC(C)(C)O1. The number of ether oxygens (including phenoxy) is 3. The number of carbonyl (C=O) groups excluding carboxylic acids is 2. The van der Waals surface area contributed by atoms with Crippen molar-refractivity contribution in [1.82, 2.24) is 5.32 Å². The van der Waals surface area contributed by atoms with Gasteiger partial charge in [-0.1, -0.05) is 0 Å². The normalized spacial score (nSPS) is 24.4. The molecule has 0 aromatic carbocycles. The smallest absolute Gasteiger partial charge is 0.408 e. The number of nitrogens with one attached hydrogen (secondary N) is 1. The molecule has 1 heterocycles. The summed E-state index contributed by atoms with van der Waals surface area (Å²) in [6.07, 6.45) is -0.516. The van der Waals surface area contributed by atoms with E-state index in [2.05, 4.69) is 5.32 Å². The van der Waals surface area contributed by atoms with E-state index in [-0.39, 0.29) is 6.61 Å². The molecular formula is C12H21NO5. The van der Waals surface area contributed by atoms with Crippen molar-refractivity contribution in [3.63, 3.8) is 0 Å². The zero-order chi connectivity index (χ0) is 14.0. The molecule has 0 bridgehead atoms. The molecule has 1 aliphatic heterocycles. The number of carbonyl (C=O) groups is 2. The van der Waals surface area contributed by atoms with Gasteiger partial charge in [0, 0.05) is 0 Å². The Kier molecular flexibility index (Phi) is 4.34. The van der Waals surface area contributed by atoms with Crippen LogP contribution in [0.2, 0.25) is 0 Å². The summed E-state index contributed by atoms with van der Waals surface area (Å²) in [4.78, 5) is 22.6. The Morgan fingerprint density at radius 2 is 2.11 bits per heavy atom. The number of amides is 1. The minimum atomic E-state index is -0.776. The standard InChI is InChI=1S/C12H21NO5/c1-11(2,3)18-10(15)13-8(6-14)9-7-16-12(4,5)17-9/h6,8-9H,7H2,1-5H3,(H,13,15). The van der Waals surface area contributed by atoms with Crippen molar-refractivity contribution in [3.8, 4) is 0 Å². The Labute approximate surface area is 107 Å². The maximum Gasteiger partial charge on any atom is 0.408 e. The summed E-state index contributed by atoms with van der Waals surface area (Å²) in [7, 11) is 0. The number of rotatable bonds is 3. The van der Waals surface area contributed by atoms with E-state index in [1.54, 1.807) is 34.6 Å². The average Bonchev–Trinajstić information content (AvgIpc) is 2.52. The fourth-order valence-corrected chi connectivity index (χ4v) is 1.55. The molecule has 0 aromatic heterocycles. The van der Waals surface area contributed by atoms with Crippen LogP contribution in [0.1, 0.15) is 34.6 Å². The minimum absolute atomic E-state index is 0.256. The van der Waals surface area contributed by atoms with E-state index < -0.39 is 29.6 Å². The molecule has 104 valence electrons. The molecule has 0 spiro atoms. The van der Waals surface area contributed by atoms with Crippen molar-refractivity contribution in [2.45, 2.75) is 58.2 Å². The second-order valence-corrected chi connectivity index (χ2v) is 5.68. The van der Waals surface area contributed by atoms with E-state index in [1.807, 2.05) is 0 Å². The van der Waals surface area contributed by atoms with Crippen LogP contribution >= 0.6 is 0 Å². The van der Waals surface area contributed by atoms with E-state index in [0.29, 0.717) is 6.29 Å². The molecule has 6 heteroatoms. The van der Waals surface area contributed by atoms with E-state index in [0.717, 1.165) is 0 Å². The quantitative estimate of drug-likeness (QED) is 0.772. The molecule has 2 unspecified atom stereocenters. The Bertz CT molecular complexity index is 321. The number of aldehydes is 1. The highest BCUT2D eigenvalue weighted by molar-refractivity contribution is 5.73. The van der Waals surface area contributed by atoms with Gasteiger partial charge in [0.2, 0.25) is 0 Å². The molecule has 1 N–H and O–H groups in total. The summed E-state index contributed by atoms with van der Waals surface area (Å²) in [5.74, 6) is -0.735. The lowest BCUT2D eigenvalue weighted by Gasteiger charge is -2.24. The van der Waals surface area contributed by atoms with E-state index >= 15 is 0 Å². The predicted octanol–water partition coefficient (Wildman–Crippen LogP) is 1.23. The maximum absolute atomic E-state index is 11.6. The fraction of sp³-hybridized carbons (Fsp3) is 0.833. The van der Waals surface area contributed by atoms with Crippen LogP contribution in [-0.2, 0) is 19.0 Å². The van der Waals surface area contributed by atoms with Crippen LogP contribution in [0.3, 0.4) is 0 Å². The summed E-state index contributed by atoms with van der Waals surface area (Å²) in [6, 6.07) is -0.776. The molecule has 1 aliphatic rings. The minimum Gasteiger partial charge on any atom is -0.444 e. The highest BCUT2D eigenvalue weighted by atomic mass is 16.7. The van der Waals surface area contributed by atoms with Gasteiger partial charge in [-0.15, -0.1) is 0 Å². The molecule has 2 atom stereocenters. The van der Waals surface area contributed by atoms with E-state index in [9.17, 15) is 9.59 Å². The molecule has 6 nitrogen and oxygen atoms in total. The van der Waals surface area contributed by atoms with Gasteiger partial charge in [0.1, 0.15) is 24.0 Å². The lowest BCUT2D eigenvalue weighted by Crippen LogP contribution is -2.47. The molecule has 1 fully saturated rings. The van der Waals surface area contributed by atoms with Gasteiger partial charge in [-0.3, -0.25) is 0 Å². The zero-order valence-corrected chi connectivity index (χ0v) is 11.5.